The third-order valence-corrected chi connectivity index (χ3v) is 9.66. The summed E-state index contributed by atoms with van der Waals surface area (Å²) in [6, 6.07) is 0. The standard InChI is InChI=1S/C17H34O3Si/c1-8-13(18)12-10-11-15(16(12)14(19)9-2)20-21(6,7)17(3,4)5/h13-15,18-19H,8-11H2,1-7H3. The topological polar surface area (TPSA) is 49.7 Å². The predicted octanol–water partition coefficient (Wildman–Crippen LogP) is 4.01. The Labute approximate surface area is 131 Å². The molecule has 0 saturated carbocycles. The molecule has 1 aliphatic carbocycles. The summed E-state index contributed by atoms with van der Waals surface area (Å²) in [5.41, 5.74) is 1.99. The maximum Gasteiger partial charge on any atom is 0.192 e. The van der Waals surface area contributed by atoms with Crippen LogP contribution in [0.4, 0.5) is 0 Å². The highest BCUT2D eigenvalue weighted by Crippen LogP contribution is 2.42. The van der Waals surface area contributed by atoms with Crippen LogP contribution in [0.3, 0.4) is 0 Å². The summed E-state index contributed by atoms with van der Waals surface area (Å²) in [6.45, 7) is 15.2. The van der Waals surface area contributed by atoms with Gasteiger partial charge in [-0.2, -0.15) is 0 Å². The molecular weight excluding hydrogens is 280 g/mol. The fraction of sp³-hybridized carbons (Fsp3) is 0.882. The average molecular weight is 315 g/mol. The first-order chi connectivity index (χ1) is 9.55. The van der Waals surface area contributed by atoms with E-state index < -0.39 is 20.5 Å². The SMILES string of the molecule is CCC(O)C1=C(C(O)CC)C(O[Si](C)(C)C(C)(C)C)CC1. The Bertz CT molecular complexity index is 382. The quantitative estimate of drug-likeness (QED) is 0.575. The van der Waals surface area contributed by atoms with E-state index in [9.17, 15) is 10.2 Å². The summed E-state index contributed by atoms with van der Waals surface area (Å²) >= 11 is 0. The number of rotatable bonds is 6. The molecule has 21 heavy (non-hydrogen) atoms. The van der Waals surface area contributed by atoms with Crippen LogP contribution in [0.1, 0.15) is 60.3 Å². The molecule has 0 aromatic rings. The van der Waals surface area contributed by atoms with Crippen molar-refractivity contribution in [3.63, 3.8) is 0 Å². The van der Waals surface area contributed by atoms with E-state index in [1.807, 2.05) is 13.8 Å². The lowest BCUT2D eigenvalue weighted by Crippen LogP contribution is -2.44. The van der Waals surface area contributed by atoms with E-state index in [-0.39, 0.29) is 11.1 Å². The van der Waals surface area contributed by atoms with Crippen molar-refractivity contribution in [2.24, 2.45) is 0 Å². The molecule has 0 aromatic carbocycles. The highest BCUT2D eigenvalue weighted by Gasteiger charge is 2.42. The number of hydrogen-bond acceptors (Lipinski definition) is 3. The van der Waals surface area contributed by atoms with Crippen molar-refractivity contribution in [1.29, 1.82) is 0 Å². The molecular formula is C17H34O3Si. The second-order valence-corrected chi connectivity index (χ2v) is 12.5. The molecule has 0 spiro atoms. The van der Waals surface area contributed by atoms with Crippen LogP contribution in [-0.2, 0) is 4.43 Å². The Hall–Kier alpha value is -0.163. The van der Waals surface area contributed by atoms with Crippen LogP contribution >= 0.6 is 0 Å². The normalized spacial score (nSPS) is 23.6. The molecule has 0 saturated heterocycles. The molecule has 0 aliphatic heterocycles. The first-order valence-electron chi connectivity index (χ1n) is 8.31. The van der Waals surface area contributed by atoms with E-state index in [1.165, 1.54) is 0 Å². The number of aliphatic hydroxyl groups excluding tert-OH is 2. The minimum absolute atomic E-state index is 0.0166. The third-order valence-electron chi connectivity index (χ3n) is 5.17. The van der Waals surface area contributed by atoms with Crippen LogP contribution in [0.2, 0.25) is 18.1 Å². The molecule has 0 radical (unpaired) electrons. The highest BCUT2D eigenvalue weighted by molar-refractivity contribution is 6.74. The van der Waals surface area contributed by atoms with Gasteiger partial charge in [-0.1, -0.05) is 34.6 Å². The minimum Gasteiger partial charge on any atom is -0.410 e. The Kier molecular flexibility index (Phi) is 6.24. The molecule has 0 fully saturated rings. The second-order valence-electron chi connectivity index (χ2n) is 7.73. The Morgan fingerprint density at radius 2 is 1.67 bits per heavy atom. The minimum atomic E-state index is -1.87. The van der Waals surface area contributed by atoms with E-state index >= 15 is 0 Å². The lowest BCUT2D eigenvalue weighted by atomic mass is 9.97. The van der Waals surface area contributed by atoms with Gasteiger partial charge < -0.3 is 14.6 Å². The number of hydrogen-bond donors (Lipinski definition) is 2. The molecule has 0 amide bonds. The Morgan fingerprint density at radius 3 is 2.10 bits per heavy atom. The van der Waals surface area contributed by atoms with Crippen molar-refractivity contribution in [1.82, 2.24) is 0 Å². The maximum absolute atomic E-state index is 10.4. The van der Waals surface area contributed by atoms with Gasteiger partial charge in [-0.25, -0.2) is 0 Å². The monoisotopic (exact) mass is 314 g/mol. The van der Waals surface area contributed by atoms with Crippen LogP contribution in [0.15, 0.2) is 11.1 Å². The van der Waals surface area contributed by atoms with Crippen molar-refractivity contribution in [2.75, 3.05) is 0 Å². The summed E-state index contributed by atoms with van der Waals surface area (Å²) in [5.74, 6) is 0. The lowest BCUT2D eigenvalue weighted by Gasteiger charge is -2.39. The average Bonchev–Trinajstić information content (AvgIpc) is 2.78. The zero-order valence-electron chi connectivity index (χ0n) is 14.9. The van der Waals surface area contributed by atoms with Crippen LogP contribution in [0.5, 0.6) is 0 Å². The van der Waals surface area contributed by atoms with E-state index in [0.717, 1.165) is 24.0 Å². The van der Waals surface area contributed by atoms with Crippen molar-refractivity contribution >= 4 is 8.32 Å². The van der Waals surface area contributed by atoms with E-state index in [4.69, 9.17) is 4.43 Å². The third kappa shape index (κ3) is 4.18. The van der Waals surface area contributed by atoms with E-state index in [1.54, 1.807) is 0 Å². The molecule has 124 valence electrons. The second kappa shape index (κ2) is 6.94. The van der Waals surface area contributed by atoms with Crippen LogP contribution < -0.4 is 0 Å². The van der Waals surface area contributed by atoms with Gasteiger partial charge in [0.25, 0.3) is 0 Å². The maximum atomic E-state index is 10.4. The van der Waals surface area contributed by atoms with Crippen LogP contribution in [-0.4, -0.2) is 36.8 Å². The molecule has 4 heteroatoms. The van der Waals surface area contributed by atoms with Crippen LogP contribution in [0.25, 0.3) is 0 Å². The zero-order chi connectivity index (χ0) is 16.4. The summed E-state index contributed by atoms with van der Waals surface area (Å²) in [4.78, 5) is 0. The Morgan fingerprint density at radius 1 is 1.14 bits per heavy atom. The first kappa shape index (κ1) is 18.9. The van der Waals surface area contributed by atoms with E-state index in [0.29, 0.717) is 12.8 Å². The molecule has 3 atom stereocenters. The fourth-order valence-electron chi connectivity index (χ4n) is 2.70. The van der Waals surface area contributed by atoms with Crippen LogP contribution in [0, 0.1) is 0 Å². The van der Waals surface area contributed by atoms with Gasteiger partial charge in [-0.05, 0) is 55.0 Å². The van der Waals surface area contributed by atoms with Crippen molar-refractivity contribution in [3.05, 3.63) is 11.1 Å². The lowest BCUT2D eigenvalue weighted by molar-refractivity contribution is 0.145. The summed E-state index contributed by atoms with van der Waals surface area (Å²) in [6.07, 6.45) is 2.17. The van der Waals surface area contributed by atoms with Crippen molar-refractivity contribution < 1.29 is 14.6 Å². The van der Waals surface area contributed by atoms with Gasteiger partial charge in [0.2, 0.25) is 0 Å². The molecule has 1 rings (SSSR count). The van der Waals surface area contributed by atoms with Gasteiger partial charge in [0.15, 0.2) is 8.32 Å². The summed E-state index contributed by atoms with van der Waals surface area (Å²) in [7, 11) is -1.87. The zero-order valence-corrected chi connectivity index (χ0v) is 15.9. The molecule has 0 aromatic heterocycles. The van der Waals surface area contributed by atoms with Gasteiger partial charge in [-0.3, -0.25) is 0 Å². The molecule has 0 heterocycles. The molecule has 3 unspecified atom stereocenters. The molecule has 0 bridgehead atoms. The first-order valence-corrected chi connectivity index (χ1v) is 11.2. The van der Waals surface area contributed by atoms with Crippen molar-refractivity contribution in [3.8, 4) is 0 Å². The van der Waals surface area contributed by atoms with Gasteiger partial charge in [0.1, 0.15) is 0 Å². The highest BCUT2D eigenvalue weighted by atomic mass is 28.4. The molecule has 3 nitrogen and oxygen atoms in total. The largest absolute Gasteiger partial charge is 0.410 e. The smallest absolute Gasteiger partial charge is 0.192 e. The predicted molar refractivity (Wildman–Crippen MR) is 90.9 cm³/mol. The Balaban J connectivity index is 3.05. The summed E-state index contributed by atoms with van der Waals surface area (Å²) in [5, 5.41) is 20.8. The van der Waals surface area contributed by atoms with Gasteiger partial charge >= 0.3 is 0 Å². The van der Waals surface area contributed by atoms with E-state index in [2.05, 4.69) is 33.9 Å². The van der Waals surface area contributed by atoms with Gasteiger partial charge in [-0.15, -0.1) is 0 Å². The van der Waals surface area contributed by atoms with Gasteiger partial charge in [0.05, 0.1) is 18.3 Å². The van der Waals surface area contributed by atoms with Gasteiger partial charge in [0, 0.05) is 0 Å². The molecule has 1 aliphatic rings. The number of aliphatic hydroxyl groups is 2. The van der Waals surface area contributed by atoms with Crippen molar-refractivity contribution in [2.45, 2.75) is 96.7 Å². The summed E-state index contributed by atoms with van der Waals surface area (Å²) < 4.78 is 6.53. The fourth-order valence-corrected chi connectivity index (χ4v) is 4.01. The molecule has 2 N–H and O–H groups in total.